The van der Waals surface area contributed by atoms with Gasteiger partial charge in [0.05, 0.1) is 0 Å². The molecule has 0 bridgehead atoms. The molecule has 114 valence electrons. The maximum absolute atomic E-state index is 2.50. The van der Waals surface area contributed by atoms with Crippen molar-refractivity contribution in [3.8, 4) is 0 Å². The zero-order valence-corrected chi connectivity index (χ0v) is 17.7. The van der Waals surface area contributed by atoms with Gasteiger partial charge in [-0.1, -0.05) is 0 Å². The van der Waals surface area contributed by atoms with Crippen LogP contribution in [0.4, 0.5) is 0 Å². The smallest absolute Gasteiger partial charge is 1.00 e. The fraction of sp³-hybridized carbons (Fsp3) is 0.200. The molecule has 0 radical (unpaired) electrons. The van der Waals surface area contributed by atoms with Gasteiger partial charge in [-0.25, -0.2) is 0 Å². The van der Waals surface area contributed by atoms with Crippen molar-refractivity contribution >= 4 is 12.2 Å². The molecular weight excluding hydrogens is 490 g/mol. The van der Waals surface area contributed by atoms with E-state index < -0.39 is 22.9 Å². The summed E-state index contributed by atoms with van der Waals surface area (Å²) >= 11 is -0.813. The first-order valence-corrected chi connectivity index (χ1v) is 11.9. The van der Waals surface area contributed by atoms with Gasteiger partial charge >= 0.3 is 137 Å². The number of allylic oxidation sites excluding steroid dienone is 2. The third-order valence-electron chi connectivity index (χ3n) is 5.07. The van der Waals surface area contributed by atoms with Crippen LogP contribution >= 0.6 is 0 Å². The van der Waals surface area contributed by atoms with Crippen LogP contribution in [-0.2, 0) is 22.9 Å². The Hall–Kier alpha value is -0.630. The van der Waals surface area contributed by atoms with E-state index in [0.29, 0.717) is 0 Å². The molecule has 0 amide bonds. The number of rotatable bonds is 0. The number of hydrogen-bond acceptors (Lipinski definition) is 0. The average molecular weight is 506 g/mol. The number of fused-ring (bicyclic) bond motifs is 6. The van der Waals surface area contributed by atoms with Crippen LogP contribution in [0.1, 0.15) is 42.4 Å². The largest absolute Gasteiger partial charge is 1.00 e. The Kier molecular flexibility index (Phi) is 5.01. The van der Waals surface area contributed by atoms with Gasteiger partial charge in [0.25, 0.3) is 0 Å². The van der Waals surface area contributed by atoms with Crippen molar-refractivity contribution in [1.29, 1.82) is 0 Å². The van der Waals surface area contributed by atoms with Crippen molar-refractivity contribution in [2.24, 2.45) is 0 Å². The maximum atomic E-state index is 2.50. The molecule has 0 nitrogen and oxygen atoms in total. The van der Waals surface area contributed by atoms with Crippen LogP contribution in [-0.4, -0.2) is 0 Å². The Bertz CT molecular complexity index is 739. The Labute approximate surface area is 161 Å². The van der Waals surface area contributed by atoms with Gasteiger partial charge in [-0.3, -0.25) is 0 Å². The van der Waals surface area contributed by atoms with Crippen molar-refractivity contribution in [1.82, 2.24) is 0 Å². The second-order valence-electron chi connectivity index (χ2n) is 6.23. The SMILES string of the molecule is C1=C2CCC3=Cc4ccccc4[CH]3[Hf+2][CH]2c2ccccc21.[Cl-].[Cl-]. The fourth-order valence-corrected chi connectivity index (χ4v) is 11.6. The summed E-state index contributed by atoms with van der Waals surface area (Å²) in [5, 5.41) is 0. The van der Waals surface area contributed by atoms with E-state index in [1.165, 1.54) is 24.0 Å². The van der Waals surface area contributed by atoms with Gasteiger partial charge in [0.2, 0.25) is 0 Å². The van der Waals surface area contributed by atoms with E-state index in [1.54, 1.807) is 22.3 Å². The Morgan fingerprint density at radius 2 is 1.09 bits per heavy atom. The molecule has 1 saturated heterocycles. The van der Waals surface area contributed by atoms with E-state index in [4.69, 9.17) is 0 Å². The minimum atomic E-state index is -0.813. The van der Waals surface area contributed by atoms with E-state index in [0.717, 1.165) is 7.35 Å². The molecule has 0 N–H and O–H groups in total. The van der Waals surface area contributed by atoms with Gasteiger partial charge in [0, 0.05) is 0 Å². The zero-order valence-electron chi connectivity index (χ0n) is 12.6. The van der Waals surface area contributed by atoms with Gasteiger partial charge in [-0.15, -0.1) is 0 Å². The summed E-state index contributed by atoms with van der Waals surface area (Å²) in [6.45, 7) is 0. The molecule has 2 aromatic rings. The summed E-state index contributed by atoms with van der Waals surface area (Å²) in [4.78, 5) is 0. The van der Waals surface area contributed by atoms with Crippen LogP contribution < -0.4 is 24.8 Å². The van der Waals surface area contributed by atoms with Gasteiger partial charge in [0.15, 0.2) is 0 Å². The molecule has 2 atom stereocenters. The standard InChI is InChI=1S/C20H16.2ClH.Hf/c1-2-6-18-12-15(11-17(18)5-1)9-10-16-13-19-7-3-4-8-20(19)14-16;;;/h1-8,11-14H,9-10H2;2*1H;/q;;;+2/p-2. The van der Waals surface area contributed by atoms with E-state index in [1.807, 2.05) is 0 Å². The van der Waals surface area contributed by atoms with Gasteiger partial charge in [-0.05, 0) is 0 Å². The number of benzene rings is 2. The second-order valence-corrected chi connectivity index (χ2v) is 11.6. The predicted octanol–water partition coefficient (Wildman–Crippen LogP) is -0.853. The van der Waals surface area contributed by atoms with E-state index in [-0.39, 0.29) is 24.8 Å². The fourth-order valence-electron chi connectivity index (χ4n) is 4.06. The van der Waals surface area contributed by atoms with Crippen LogP contribution in [0.5, 0.6) is 0 Å². The van der Waals surface area contributed by atoms with Crippen molar-refractivity contribution in [3.63, 3.8) is 0 Å². The van der Waals surface area contributed by atoms with Crippen LogP contribution in [0, 0.1) is 0 Å². The summed E-state index contributed by atoms with van der Waals surface area (Å²) < 4.78 is 1.67. The molecule has 2 unspecified atom stereocenters. The van der Waals surface area contributed by atoms with Crippen molar-refractivity contribution in [3.05, 3.63) is 81.9 Å². The first kappa shape index (κ1) is 17.2. The third-order valence-corrected chi connectivity index (χ3v) is 12.4. The number of hydrogen-bond donors (Lipinski definition) is 0. The quantitative estimate of drug-likeness (QED) is 0.409. The average Bonchev–Trinajstić information content (AvgIpc) is 3.00. The molecule has 1 fully saturated rings. The van der Waals surface area contributed by atoms with Crippen LogP contribution in [0.2, 0.25) is 0 Å². The first-order valence-electron chi connectivity index (χ1n) is 7.75. The summed E-state index contributed by atoms with van der Waals surface area (Å²) in [5.74, 6) is 0. The normalized spacial score (nSPS) is 22.3. The van der Waals surface area contributed by atoms with Crippen molar-refractivity contribution in [2.45, 2.75) is 20.2 Å². The van der Waals surface area contributed by atoms with Gasteiger partial charge in [0.1, 0.15) is 0 Å². The summed E-state index contributed by atoms with van der Waals surface area (Å²) in [6, 6.07) is 18.2. The molecule has 0 saturated carbocycles. The van der Waals surface area contributed by atoms with Crippen LogP contribution in [0.25, 0.3) is 12.2 Å². The molecular formula is C20H16Cl2Hf. The third kappa shape index (κ3) is 2.71. The van der Waals surface area contributed by atoms with Gasteiger partial charge < -0.3 is 24.8 Å². The molecule has 2 aliphatic carbocycles. The second kappa shape index (κ2) is 6.70. The molecule has 1 heterocycles. The van der Waals surface area contributed by atoms with Crippen molar-refractivity contribution < 1.29 is 47.7 Å². The molecule has 5 rings (SSSR count). The minimum Gasteiger partial charge on any atom is -1.00 e. The Morgan fingerprint density at radius 3 is 1.57 bits per heavy atom. The zero-order chi connectivity index (χ0) is 13.8. The topological polar surface area (TPSA) is 0 Å². The molecule has 23 heavy (non-hydrogen) atoms. The first-order chi connectivity index (χ1) is 10.4. The maximum Gasteiger partial charge on any atom is -1.00 e. The predicted molar refractivity (Wildman–Crippen MR) is 83.6 cm³/mol. The summed E-state index contributed by atoms with van der Waals surface area (Å²) in [6.07, 6.45) is 7.56. The molecule has 3 aliphatic rings. The van der Waals surface area contributed by atoms with Crippen LogP contribution in [0.15, 0.2) is 59.7 Å². The summed E-state index contributed by atoms with van der Waals surface area (Å²) in [7, 11) is 0. The molecule has 0 spiro atoms. The van der Waals surface area contributed by atoms with E-state index in [2.05, 4.69) is 60.7 Å². The monoisotopic (exact) mass is 506 g/mol. The molecule has 0 aromatic heterocycles. The van der Waals surface area contributed by atoms with Crippen LogP contribution in [0.3, 0.4) is 0 Å². The Morgan fingerprint density at radius 1 is 0.652 bits per heavy atom. The Balaban J connectivity index is 0.000000781. The minimum absolute atomic E-state index is 0. The van der Waals surface area contributed by atoms with E-state index in [9.17, 15) is 0 Å². The molecule has 3 heteroatoms. The number of halogens is 2. The van der Waals surface area contributed by atoms with Crippen molar-refractivity contribution in [2.75, 3.05) is 0 Å². The summed E-state index contributed by atoms with van der Waals surface area (Å²) in [5.41, 5.74) is 9.77. The molecule has 1 aliphatic heterocycles. The van der Waals surface area contributed by atoms with Gasteiger partial charge in [-0.2, -0.15) is 0 Å². The van der Waals surface area contributed by atoms with E-state index >= 15 is 0 Å². The molecule has 2 aromatic carbocycles.